The van der Waals surface area contributed by atoms with Gasteiger partial charge in [-0.2, -0.15) is 11.8 Å². The lowest BCUT2D eigenvalue weighted by molar-refractivity contribution is 0.355. The van der Waals surface area contributed by atoms with Gasteiger partial charge in [0.2, 0.25) is 0 Å². The molecule has 0 spiro atoms. The summed E-state index contributed by atoms with van der Waals surface area (Å²) in [5, 5.41) is 3.32. The first kappa shape index (κ1) is 14.8. The molecule has 0 aliphatic carbocycles. The van der Waals surface area contributed by atoms with E-state index in [1.54, 1.807) is 20.3 Å². The van der Waals surface area contributed by atoms with Crippen molar-refractivity contribution in [2.24, 2.45) is 0 Å². The van der Waals surface area contributed by atoms with E-state index < -0.39 is 0 Å². The van der Waals surface area contributed by atoms with Crippen molar-refractivity contribution in [3.05, 3.63) is 12.1 Å². The molecular weight excluding hydrogens is 248 g/mol. The molecule has 0 aromatic heterocycles. The second-order valence-electron chi connectivity index (χ2n) is 3.77. The van der Waals surface area contributed by atoms with Crippen LogP contribution in [0.3, 0.4) is 0 Å². The molecule has 0 fully saturated rings. The molecule has 0 bridgehead atoms. The Balaban J connectivity index is 2.59. The highest BCUT2D eigenvalue weighted by Crippen LogP contribution is 2.34. The van der Waals surface area contributed by atoms with Crippen LogP contribution < -0.4 is 20.5 Å². The lowest BCUT2D eigenvalue weighted by Gasteiger charge is -2.14. The number of methoxy groups -OCH3 is 2. The van der Waals surface area contributed by atoms with Gasteiger partial charge >= 0.3 is 0 Å². The number of thioether (sulfide) groups is 1. The van der Waals surface area contributed by atoms with Crippen molar-refractivity contribution in [1.82, 2.24) is 0 Å². The monoisotopic (exact) mass is 270 g/mol. The van der Waals surface area contributed by atoms with Gasteiger partial charge in [0.15, 0.2) is 11.5 Å². The van der Waals surface area contributed by atoms with Crippen LogP contribution in [0.15, 0.2) is 12.1 Å². The SMILES string of the molecule is CCSCCCNc1cc(OC)c(OC)cc1N. The maximum absolute atomic E-state index is 5.96. The molecule has 18 heavy (non-hydrogen) atoms. The van der Waals surface area contributed by atoms with E-state index >= 15 is 0 Å². The van der Waals surface area contributed by atoms with Crippen LogP contribution in [0.5, 0.6) is 11.5 Å². The Hall–Kier alpha value is -1.23. The summed E-state index contributed by atoms with van der Waals surface area (Å²) in [6.07, 6.45) is 1.12. The van der Waals surface area contributed by atoms with Crippen molar-refractivity contribution in [3.63, 3.8) is 0 Å². The Morgan fingerprint density at radius 2 is 1.89 bits per heavy atom. The Kier molecular flexibility index (Phi) is 6.57. The van der Waals surface area contributed by atoms with Crippen molar-refractivity contribution >= 4 is 23.1 Å². The minimum absolute atomic E-state index is 0.655. The molecule has 1 aromatic rings. The molecule has 0 saturated carbocycles. The Morgan fingerprint density at radius 1 is 1.22 bits per heavy atom. The summed E-state index contributed by atoms with van der Waals surface area (Å²) in [6, 6.07) is 3.66. The fourth-order valence-corrected chi connectivity index (χ4v) is 2.23. The summed E-state index contributed by atoms with van der Waals surface area (Å²) in [5.74, 6) is 3.68. The van der Waals surface area contributed by atoms with Crippen molar-refractivity contribution in [2.75, 3.05) is 43.3 Å². The maximum atomic E-state index is 5.96. The molecule has 5 heteroatoms. The Morgan fingerprint density at radius 3 is 2.50 bits per heavy atom. The van der Waals surface area contributed by atoms with E-state index in [4.69, 9.17) is 15.2 Å². The molecule has 0 aliphatic heterocycles. The zero-order chi connectivity index (χ0) is 13.4. The summed E-state index contributed by atoms with van der Waals surface area (Å²) < 4.78 is 10.4. The molecule has 1 rings (SSSR count). The standard InChI is InChI=1S/C13H22N2O2S/c1-4-18-7-5-6-15-11-9-13(17-3)12(16-2)8-10(11)14/h8-9,15H,4-7,14H2,1-3H3. The molecule has 1 aromatic carbocycles. The lowest BCUT2D eigenvalue weighted by atomic mass is 10.2. The van der Waals surface area contributed by atoms with Gasteiger partial charge in [0.25, 0.3) is 0 Å². The van der Waals surface area contributed by atoms with Crippen LogP contribution >= 0.6 is 11.8 Å². The van der Waals surface area contributed by atoms with Crippen LogP contribution in [0.2, 0.25) is 0 Å². The van der Waals surface area contributed by atoms with Gasteiger partial charge in [0.05, 0.1) is 25.6 Å². The Bertz CT molecular complexity index is 372. The maximum Gasteiger partial charge on any atom is 0.162 e. The number of anilines is 2. The van der Waals surface area contributed by atoms with E-state index in [0.717, 1.165) is 24.4 Å². The number of nitrogens with two attached hydrogens (primary N) is 1. The molecule has 0 amide bonds. The van der Waals surface area contributed by atoms with Crippen molar-refractivity contribution in [1.29, 1.82) is 0 Å². The quantitative estimate of drug-likeness (QED) is 0.562. The molecule has 0 unspecified atom stereocenters. The number of hydrogen-bond donors (Lipinski definition) is 2. The zero-order valence-electron chi connectivity index (χ0n) is 11.3. The molecule has 4 nitrogen and oxygen atoms in total. The van der Waals surface area contributed by atoms with Crippen LogP contribution in [0, 0.1) is 0 Å². The van der Waals surface area contributed by atoms with Gasteiger partial charge in [-0.05, 0) is 17.9 Å². The van der Waals surface area contributed by atoms with Crippen LogP contribution in [0.25, 0.3) is 0 Å². The van der Waals surface area contributed by atoms with Crippen molar-refractivity contribution < 1.29 is 9.47 Å². The predicted molar refractivity (Wildman–Crippen MR) is 80.1 cm³/mol. The van der Waals surface area contributed by atoms with E-state index in [1.165, 1.54) is 5.75 Å². The van der Waals surface area contributed by atoms with E-state index in [-0.39, 0.29) is 0 Å². The second-order valence-corrected chi connectivity index (χ2v) is 5.17. The molecular formula is C13H22N2O2S. The first-order valence-electron chi connectivity index (χ1n) is 6.06. The van der Waals surface area contributed by atoms with Gasteiger partial charge in [0, 0.05) is 18.7 Å². The summed E-state index contributed by atoms with van der Waals surface area (Å²) in [6.45, 7) is 3.08. The minimum Gasteiger partial charge on any atom is -0.493 e. The van der Waals surface area contributed by atoms with Gasteiger partial charge < -0.3 is 20.5 Å². The number of ether oxygens (including phenoxy) is 2. The third-order valence-electron chi connectivity index (χ3n) is 2.54. The lowest BCUT2D eigenvalue weighted by Crippen LogP contribution is -2.06. The number of hydrogen-bond acceptors (Lipinski definition) is 5. The summed E-state index contributed by atoms with van der Waals surface area (Å²) in [5.41, 5.74) is 7.53. The van der Waals surface area contributed by atoms with Gasteiger partial charge in [-0.3, -0.25) is 0 Å². The highest BCUT2D eigenvalue weighted by atomic mass is 32.2. The average molecular weight is 270 g/mol. The van der Waals surface area contributed by atoms with Crippen LogP contribution in [-0.4, -0.2) is 32.3 Å². The molecule has 102 valence electrons. The smallest absolute Gasteiger partial charge is 0.162 e. The van der Waals surface area contributed by atoms with Crippen molar-refractivity contribution in [3.8, 4) is 11.5 Å². The fraction of sp³-hybridized carbons (Fsp3) is 0.538. The normalized spacial score (nSPS) is 10.2. The third-order valence-corrected chi connectivity index (χ3v) is 3.53. The van der Waals surface area contributed by atoms with E-state index in [9.17, 15) is 0 Å². The minimum atomic E-state index is 0.655. The summed E-state index contributed by atoms with van der Waals surface area (Å²) >= 11 is 1.95. The molecule has 0 heterocycles. The topological polar surface area (TPSA) is 56.5 Å². The van der Waals surface area contributed by atoms with Crippen molar-refractivity contribution in [2.45, 2.75) is 13.3 Å². The van der Waals surface area contributed by atoms with Crippen LogP contribution in [0.1, 0.15) is 13.3 Å². The van der Waals surface area contributed by atoms with E-state index in [2.05, 4.69) is 12.2 Å². The number of rotatable bonds is 8. The predicted octanol–water partition coefficient (Wildman–Crippen LogP) is 2.84. The zero-order valence-corrected chi connectivity index (χ0v) is 12.1. The van der Waals surface area contributed by atoms with Gasteiger partial charge in [-0.1, -0.05) is 6.92 Å². The third kappa shape index (κ3) is 4.22. The second kappa shape index (κ2) is 7.97. The van der Waals surface area contributed by atoms with E-state index in [0.29, 0.717) is 17.2 Å². The largest absolute Gasteiger partial charge is 0.493 e. The van der Waals surface area contributed by atoms with E-state index in [1.807, 2.05) is 17.8 Å². The van der Waals surface area contributed by atoms with Gasteiger partial charge in [0.1, 0.15) is 0 Å². The number of benzene rings is 1. The number of nitrogen functional groups attached to an aromatic ring is 1. The molecule has 0 atom stereocenters. The van der Waals surface area contributed by atoms with Crippen LogP contribution in [0.4, 0.5) is 11.4 Å². The first-order chi connectivity index (χ1) is 8.72. The van der Waals surface area contributed by atoms with Gasteiger partial charge in [-0.25, -0.2) is 0 Å². The summed E-state index contributed by atoms with van der Waals surface area (Å²) in [4.78, 5) is 0. The summed E-state index contributed by atoms with van der Waals surface area (Å²) in [7, 11) is 3.22. The molecule has 0 radical (unpaired) electrons. The molecule has 0 saturated heterocycles. The number of nitrogens with one attached hydrogen (secondary N) is 1. The first-order valence-corrected chi connectivity index (χ1v) is 7.21. The van der Waals surface area contributed by atoms with Gasteiger partial charge in [-0.15, -0.1) is 0 Å². The highest BCUT2D eigenvalue weighted by Gasteiger charge is 2.08. The average Bonchev–Trinajstić information content (AvgIpc) is 2.39. The molecule has 0 aliphatic rings. The highest BCUT2D eigenvalue weighted by molar-refractivity contribution is 7.99. The Labute approximate surface area is 113 Å². The van der Waals surface area contributed by atoms with Crippen LogP contribution in [-0.2, 0) is 0 Å². The molecule has 3 N–H and O–H groups in total. The fourth-order valence-electron chi connectivity index (χ4n) is 1.59.